The Hall–Kier alpha value is -1.58. The fourth-order valence-electron chi connectivity index (χ4n) is 1.10. The number of nitrogens with zero attached hydrogens (tertiary/aromatic N) is 1. The first kappa shape index (κ1) is 11.5. The molecule has 6 heteroatoms. The maximum absolute atomic E-state index is 11.6. The Morgan fingerprint density at radius 3 is 2.67 bits per heavy atom. The van der Waals surface area contributed by atoms with Gasteiger partial charge in [0.1, 0.15) is 0 Å². The Morgan fingerprint density at radius 2 is 2.13 bits per heavy atom. The quantitative estimate of drug-likeness (QED) is 0.701. The largest absolute Gasteiger partial charge is 0.398 e. The normalized spacial score (nSPS) is 10.9. The Labute approximate surface area is 87.7 Å². The summed E-state index contributed by atoms with van der Waals surface area (Å²) in [5, 5.41) is 17.2. The second kappa shape index (κ2) is 4.29. The number of nitrogens with two attached hydrogens (primary N) is 1. The van der Waals surface area contributed by atoms with Gasteiger partial charge in [-0.05, 0) is 18.2 Å². The highest BCUT2D eigenvalue weighted by atomic mass is 32.2. The van der Waals surface area contributed by atoms with E-state index >= 15 is 0 Å². The second-order valence-electron chi connectivity index (χ2n) is 2.91. The number of hydrogen-bond donors (Lipinski definition) is 2. The van der Waals surface area contributed by atoms with Crippen LogP contribution in [0.15, 0.2) is 23.1 Å². The molecule has 5 nitrogen and oxygen atoms in total. The molecule has 0 aromatic heterocycles. The number of aliphatic hydroxyl groups is 1. The molecule has 15 heavy (non-hydrogen) atoms. The van der Waals surface area contributed by atoms with Crippen LogP contribution in [0, 0.1) is 11.3 Å². The molecule has 0 aliphatic carbocycles. The van der Waals surface area contributed by atoms with Crippen LogP contribution >= 0.6 is 0 Å². The van der Waals surface area contributed by atoms with Crippen molar-refractivity contribution in [3.63, 3.8) is 0 Å². The van der Waals surface area contributed by atoms with Gasteiger partial charge in [-0.1, -0.05) is 0 Å². The summed E-state index contributed by atoms with van der Waals surface area (Å²) >= 11 is 0. The van der Waals surface area contributed by atoms with Gasteiger partial charge in [0.25, 0.3) is 0 Å². The highest BCUT2D eigenvalue weighted by molar-refractivity contribution is 7.91. The lowest BCUT2D eigenvalue weighted by Crippen LogP contribution is -2.12. The molecule has 1 aromatic carbocycles. The summed E-state index contributed by atoms with van der Waals surface area (Å²) < 4.78 is 23.1. The maximum atomic E-state index is 11.6. The van der Waals surface area contributed by atoms with Crippen molar-refractivity contribution < 1.29 is 13.5 Å². The van der Waals surface area contributed by atoms with Crippen LogP contribution in [0.5, 0.6) is 0 Å². The first-order valence-corrected chi connectivity index (χ1v) is 5.79. The van der Waals surface area contributed by atoms with Crippen molar-refractivity contribution >= 4 is 15.5 Å². The number of hydrogen-bond acceptors (Lipinski definition) is 5. The van der Waals surface area contributed by atoms with Gasteiger partial charge in [-0.25, -0.2) is 8.42 Å². The topological polar surface area (TPSA) is 104 Å². The van der Waals surface area contributed by atoms with Crippen LogP contribution < -0.4 is 5.73 Å². The summed E-state index contributed by atoms with van der Waals surface area (Å²) in [7, 11) is -3.60. The van der Waals surface area contributed by atoms with Gasteiger partial charge in [-0.3, -0.25) is 0 Å². The zero-order chi connectivity index (χ0) is 11.5. The highest BCUT2D eigenvalue weighted by Crippen LogP contribution is 2.20. The van der Waals surface area contributed by atoms with E-state index in [1.165, 1.54) is 18.2 Å². The molecule has 1 aromatic rings. The van der Waals surface area contributed by atoms with E-state index in [1.807, 2.05) is 6.07 Å². The fourth-order valence-corrected chi connectivity index (χ4v) is 2.30. The van der Waals surface area contributed by atoms with E-state index in [0.29, 0.717) is 0 Å². The fraction of sp³-hybridized carbons (Fsp3) is 0.222. The van der Waals surface area contributed by atoms with Crippen molar-refractivity contribution in [3.8, 4) is 6.07 Å². The van der Waals surface area contributed by atoms with Crippen molar-refractivity contribution in [1.82, 2.24) is 0 Å². The van der Waals surface area contributed by atoms with Crippen LogP contribution in [0.2, 0.25) is 0 Å². The number of sulfone groups is 1. The van der Waals surface area contributed by atoms with Gasteiger partial charge in [0.05, 0.1) is 34.6 Å². The van der Waals surface area contributed by atoms with Crippen molar-refractivity contribution in [2.45, 2.75) is 4.90 Å². The molecule has 0 aliphatic rings. The molecular formula is C9H10N2O3S. The molecule has 0 bridgehead atoms. The maximum Gasteiger partial charge on any atom is 0.182 e. The van der Waals surface area contributed by atoms with Gasteiger partial charge in [0.15, 0.2) is 9.84 Å². The van der Waals surface area contributed by atoms with Crippen molar-refractivity contribution in [1.29, 1.82) is 5.26 Å². The smallest absolute Gasteiger partial charge is 0.182 e. The summed E-state index contributed by atoms with van der Waals surface area (Å²) in [5.74, 6) is -0.397. The minimum Gasteiger partial charge on any atom is -0.398 e. The molecular weight excluding hydrogens is 216 g/mol. The molecule has 0 aliphatic heterocycles. The lowest BCUT2D eigenvalue weighted by Gasteiger charge is -2.05. The third-order valence-corrected chi connectivity index (χ3v) is 3.58. The van der Waals surface area contributed by atoms with Gasteiger partial charge in [0.2, 0.25) is 0 Å². The van der Waals surface area contributed by atoms with Crippen molar-refractivity contribution in [2.24, 2.45) is 0 Å². The van der Waals surface area contributed by atoms with Crippen LogP contribution in [0.4, 0.5) is 5.69 Å². The second-order valence-corrected chi connectivity index (χ2v) is 4.98. The molecule has 0 unspecified atom stereocenters. The lowest BCUT2D eigenvalue weighted by molar-refractivity contribution is 0.319. The number of benzene rings is 1. The summed E-state index contributed by atoms with van der Waals surface area (Å²) in [5.41, 5.74) is 5.80. The standard InChI is InChI=1S/C9H10N2O3S/c10-6-7-1-2-8(11)9(5-7)15(13,14)4-3-12/h1-2,5,12H,3-4,11H2. The van der Waals surface area contributed by atoms with Crippen molar-refractivity contribution in [3.05, 3.63) is 23.8 Å². The minimum atomic E-state index is -3.60. The number of aliphatic hydroxyl groups excluding tert-OH is 1. The Balaban J connectivity index is 3.31. The number of nitriles is 1. The molecule has 0 fully saturated rings. The Bertz CT molecular complexity index is 503. The van der Waals surface area contributed by atoms with E-state index in [9.17, 15) is 8.42 Å². The van der Waals surface area contributed by atoms with Crippen LogP contribution in [0.1, 0.15) is 5.56 Å². The van der Waals surface area contributed by atoms with E-state index in [-0.39, 0.29) is 16.1 Å². The predicted octanol–water partition coefficient (Wildman–Crippen LogP) is -0.0935. The van der Waals surface area contributed by atoms with E-state index in [4.69, 9.17) is 16.1 Å². The predicted molar refractivity (Wildman–Crippen MR) is 54.7 cm³/mol. The SMILES string of the molecule is N#Cc1ccc(N)c(S(=O)(=O)CCO)c1. The average molecular weight is 226 g/mol. The van der Waals surface area contributed by atoms with Gasteiger partial charge < -0.3 is 10.8 Å². The lowest BCUT2D eigenvalue weighted by atomic mass is 10.2. The number of anilines is 1. The monoisotopic (exact) mass is 226 g/mol. The zero-order valence-corrected chi connectivity index (χ0v) is 8.66. The summed E-state index contributed by atoms with van der Waals surface area (Å²) in [6, 6.07) is 5.84. The van der Waals surface area contributed by atoms with E-state index < -0.39 is 22.2 Å². The first-order valence-electron chi connectivity index (χ1n) is 4.14. The molecule has 80 valence electrons. The van der Waals surface area contributed by atoms with Gasteiger partial charge in [-0.2, -0.15) is 5.26 Å². The molecule has 0 saturated heterocycles. The van der Waals surface area contributed by atoms with Crippen LogP contribution in [-0.4, -0.2) is 25.9 Å². The van der Waals surface area contributed by atoms with Crippen LogP contribution in [-0.2, 0) is 9.84 Å². The molecule has 0 heterocycles. The molecule has 0 amide bonds. The van der Waals surface area contributed by atoms with Crippen molar-refractivity contribution in [2.75, 3.05) is 18.1 Å². The summed E-state index contributed by atoms with van der Waals surface area (Å²) in [6.07, 6.45) is 0. The molecule has 0 saturated carbocycles. The molecule has 1 rings (SSSR count). The van der Waals surface area contributed by atoms with Crippen LogP contribution in [0.25, 0.3) is 0 Å². The van der Waals surface area contributed by atoms with Gasteiger partial charge >= 0.3 is 0 Å². The third-order valence-electron chi connectivity index (χ3n) is 1.84. The van der Waals surface area contributed by atoms with E-state index in [1.54, 1.807) is 0 Å². The Morgan fingerprint density at radius 1 is 1.47 bits per heavy atom. The average Bonchev–Trinajstić information content (AvgIpc) is 2.18. The first-order chi connectivity index (χ1) is 7.01. The summed E-state index contributed by atoms with van der Waals surface area (Å²) in [6.45, 7) is -0.474. The number of nitrogen functional groups attached to an aromatic ring is 1. The van der Waals surface area contributed by atoms with Gasteiger partial charge in [-0.15, -0.1) is 0 Å². The summed E-state index contributed by atoms with van der Waals surface area (Å²) in [4.78, 5) is -0.101. The van der Waals surface area contributed by atoms with Crippen LogP contribution in [0.3, 0.4) is 0 Å². The molecule has 0 radical (unpaired) electrons. The number of rotatable bonds is 3. The Kier molecular flexibility index (Phi) is 3.29. The molecule has 0 atom stereocenters. The van der Waals surface area contributed by atoms with E-state index in [2.05, 4.69) is 0 Å². The minimum absolute atomic E-state index is 0.0856. The third kappa shape index (κ3) is 2.46. The highest BCUT2D eigenvalue weighted by Gasteiger charge is 2.17. The van der Waals surface area contributed by atoms with Gasteiger partial charge in [0, 0.05) is 0 Å². The molecule has 3 N–H and O–H groups in total. The zero-order valence-electron chi connectivity index (χ0n) is 7.84. The van der Waals surface area contributed by atoms with E-state index in [0.717, 1.165) is 0 Å². The molecule has 0 spiro atoms.